The molecular weight excluding hydrogens is 332 g/mol. The molecule has 26 heavy (non-hydrogen) atoms. The molecule has 0 bridgehead atoms. The first-order valence-corrected chi connectivity index (χ1v) is 8.33. The third-order valence-electron chi connectivity index (χ3n) is 3.98. The Balaban J connectivity index is 1.61. The second kappa shape index (κ2) is 7.00. The lowest BCUT2D eigenvalue weighted by Gasteiger charge is -2.31. The summed E-state index contributed by atoms with van der Waals surface area (Å²) in [6, 6.07) is 13.6. The smallest absolute Gasteiger partial charge is 0.251 e. The molecule has 6 heteroatoms. The molecule has 0 unspecified atom stereocenters. The van der Waals surface area contributed by atoms with Gasteiger partial charge in [0.25, 0.3) is 5.91 Å². The van der Waals surface area contributed by atoms with Crippen LogP contribution in [0.3, 0.4) is 0 Å². The summed E-state index contributed by atoms with van der Waals surface area (Å²) in [4.78, 5) is 36.3. The van der Waals surface area contributed by atoms with E-state index in [1.165, 1.54) is 0 Å². The fourth-order valence-corrected chi connectivity index (χ4v) is 2.79. The summed E-state index contributed by atoms with van der Waals surface area (Å²) < 4.78 is 5.79. The van der Waals surface area contributed by atoms with E-state index in [0.29, 0.717) is 22.6 Å². The van der Waals surface area contributed by atoms with E-state index < -0.39 is 5.60 Å². The van der Waals surface area contributed by atoms with Gasteiger partial charge in [-0.3, -0.25) is 14.4 Å². The molecule has 2 aromatic rings. The molecule has 3 rings (SSSR count). The monoisotopic (exact) mass is 352 g/mol. The van der Waals surface area contributed by atoms with Crippen molar-refractivity contribution in [2.24, 2.45) is 0 Å². The maximum Gasteiger partial charge on any atom is 0.251 e. The first kappa shape index (κ1) is 17.7. The second-order valence-corrected chi connectivity index (χ2v) is 6.77. The van der Waals surface area contributed by atoms with Gasteiger partial charge in [0.15, 0.2) is 5.78 Å². The van der Waals surface area contributed by atoms with Gasteiger partial charge in [-0.05, 0) is 44.2 Å². The summed E-state index contributed by atoms with van der Waals surface area (Å²) in [5.74, 6) is -0.206. The summed E-state index contributed by atoms with van der Waals surface area (Å²) in [6.07, 6.45) is 0.282. The SMILES string of the molecule is CC1(C)CC(=O)c2cc(NC(=O)CNC(=O)c3ccccc3)ccc2O1. The minimum atomic E-state index is -0.531. The van der Waals surface area contributed by atoms with Gasteiger partial charge in [-0.15, -0.1) is 0 Å². The molecule has 0 saturated heterocycles. The van der Waals surface area contributed by atoms with Crippen molar-refractivity contribution in [3.05, 3.63) is 59.7 Å². The quantitative estimate of drug-likeness (QED) is 0.886. The Labute approximate surface area is 151 Å². The molecule has 1 heterocycles. The number of benzene rings is 2. The highest BCUT2D eigenvalue weighted by Crippen LogP contribution is 2.34. The Bertz CT molecular complexity index is 859. The lowest BCUT2D eigenvalue weighted by atomic mass is 9.93. The van der Waals surface area contributed by atoms with Gasteiger partial charge in [-0.2, -0.15) is 0 Å². The third-order valence-corrected chi connectivity index (χ3v) is 3.98. The molecule has 134 valence electrons. The molecule has 0 saturated carbocycles. The van der Waals surface area contributed by atoms with E-state index in [-0.39, 0.29) is 30.6 Å². The molecule has 2 N–H and O–H groups in total. The largest absolute Gasteiger partial charge is 0.487 e. The second-order valence-electron chi connectivity index (χ2n) is 6.77. The van der Waals surface area contributed by atoms with E-state index in [2.05, 4.69) is 10.6 Å². The minimum absolute atomic E-state index is 0.0234. The lowest BCUT2D eigenvalue weighted by Crippen LogP contribution is -2.36. The number of ketones is 1. The van der Waals surface area contributed by atoms with Crippen molar-refractivity contribution < 1.29 is 19.1 Å². The van der Waals surface area contributed by atoms with Crippen LogP contribution in [0.15, 0.2) is 48.5 Å². The molecular formula is C20H20N2O4. The van der Waals surface area contributed by atoms with Gasteiger partial charge in [-0.25, -0.2) is 0 Å². The highest BCUT2D eigenvalue weighted by atomic mass is 16.5. The van der Waals surface area contributed by atoms with E-state index >= 15 is 0 Å². The van der Waals surface area contributed by atoms with Gasteiger partial charge in [0.05, 0.1) is 18.5 Å². The predicted octanol–water partition coefficient (Wildman–Crippen LogP) is 2.80. The fraction of sp³-hybridized carbons (Fsp3) is 0.250. The summed E-state index contributed by atoms with van der Waals surface area (Å²) in [7, 11) is 0. The molecule has 1 aliphatic heterocycles. The van der Waals surface area contributed by atoms with Crippen molar-refractivity contribution in [2.45, 2.75) is 25.9 Å². The van der Waals surface area contributed by atoms with Gasteiger partial charge < -0.3 is 15.4 Å². The number of anilines is 1. The maximum atomic E-state index is 12.3. The fourth-order valence-electron chi connectivity index (χ4n) is 2.79. The molecule has 0 spiro atoms. The van der Waals surface area contributed by atoms with E-state index in [0.717, 1.165) is 0 Å². The molecule has 2 aromatic carbocycles. The average molecular weight is 352 g/mol. The number of ether oxygens (including phenoxy) is 1. The van der Waals surface area contributed by atoms with E-state index in [1.54, 1.807) is 42.5 Å². The lowest BCUT2D eigenvalue weighted by molar-refractivity contribution is -0.115. The van der Waals surface area contributed by atoms with Crippen LogP contribution in [0, 0.1) is 0 Å². The molecule has 2 amide bonds. The van der Waals surface area contributed by atoms with Crippen molar-refractivity contribution in [1.82, 2.24) is 5.32 Å². The number of carbonyl (C=O) groups is 3. The number of carbonyl (C=O) groups excluding carboxylic acids is 3. The zero-order chi connectivity index (χ0) is 18.7. The van der Waals surface area contributed by atoms with Crippen LogP contribution in [0.1, 0.15) is 41.0 Å². The topological polar surface area (TPSA) is 84.5 Å². The zero-order valence-corrected chi connectivity index (χ0v) is 14.7. The zero-order valence-electron chi connectivity index (χ0n) is 14.7. The van der Waals surface area contributed by atoms with Crippen LogP contribution in [-0.4, -0.2) is 29.7 Å². The van der Waals surface area contributed by atoms with Crippen molar-refractivity contribution >= 4 is 23.3 Å². The maximum absolute atomic E-state index is 12.3. The van der Waals surface area contributed by atoms with Crippen LogP contribution < -0.4 is 15.4 Å². The molecule has 0 atom stereocenters. The first-order chi connectivity index (χ1) is 12.3. The molecule has 0 aliphatic carbocycles. The molecule has 0 fully saturated rings. The highest BCUT2D eigenvalue weighted by Gasteiger charge is 2.32. The summed E-state index contributed by atoms with van der Waals surface area (Å²) in [5.41, 5.74) is 0.894. The number of amides is 2. The Morgan fingerprint density at radius 3 is 2.58 bits per heavy atom. The van der Waals surface area contributed by atoms with Crippen molar-refractivity contribution in [3.63, 3.8) is 0 Å². The van der Waals surface area contributed by atoms with Crippen LogP contribution in [0.25, 0.3) is 0 Å². The Morgan fingerprint density at radius 1 is 1.12 bits per heavy atom. The normalized spacial score (nSPS) is 14.8. The minimum Gasteiger partial charge on any atom is -0.487 e. The summed E-state index contributed by atoms with van der Waals surface area (Å²) in [6.45, 7) is 3.56. The molecule has 0 radical (unpaired) electrons. The number of fused-ring (bicyclic) bond motifs is 1. The predicted molar refractivity (Wildman–Crippen MR) is 97.5 cm³/mol. The Morgan fingerprint density at radius 2 is 1.85 bits per heavy atom. The van der Waals surface area contributed by atoms with Crippen LogP contribution in [0.2, 0.25) is 0 Å². The number of hydrogen-bond donors (Lipinski definition) is 2. The number of rotatable bonds is 4. The van der Waals surface area contributed by atoms with Crippen LogP contribution >= 0.6 is 0 Å². The van der Waals surface area contributed by atoms with Crippen LogP contribution in [-0.2, 0) is 4.79 Å². The van der Waals surface area contributed by atoms with Gasteiger partial charge in [0.1, 0.15) is 11.4 Å². The average Bonchev–Trinajstić information content (AvgIpc) is 2.60. The first-order valence-electron chi connectivity index (χ1n) is 8.33. The van der Waals surface area contributed by atoms with Gasteiger partial charge >= 0.3 is 0 Å². The summed E-state index contributed by atoms with van der Waals surface area (Å²) in [5, 5.41) is 5.24. The van der Waals surface area contributed by atoms with Gasteiger partial charge in [-0.1, -0.05) is 18.2 Å². The highest BCUT2D eigenvalue weighted by molar-refractivity contribution is 6.03. The van der Waals surface area contributed by atoms with E-state index in [9.17, 15) is 14.4 Å². The molecule has 0 aromatic heterocycles. The number of nitrogens with one attached hydrogen (secondary N) is 2. The third kappa shape index (κ3) is 4.08. The van der Waals surface area contributed by atoms with E-state index in [4.69, 9.17) is 4.74 Å². The number of Topliss-reactive ketones (excluding diaryl/α,β-unsaturated/α-hetero) is 1. The van der Waals surface area contributed by atoms with Crippen LogP contribution in [0.4, 0.5) is 5.69 Å². The van der Waals surface area contributed by atoms with E-state index in [1.807, 2.05) is 19.9 Å². The van der Waals surface area contributed by atoms with Crippen LogP contribution in [0.5, 0.6) is 5.75 Å². The summed E-state index contributed by atoms with van der Waals surface area (Å²) >= 11 is 0. The standard InChI is InChI=1S/C20H20N2O4/c1-20(2)11-16(23)15-10-14(8-9-17(15)26-20)22-18(24)12-21-19(25)13-6-4-3-5-7-13/h3-10H,11-12H2,1-2H3,(H,21,25)(H,22,24). The van der Waals surface area contributed by atoms with Crippen molar-refractivity contribution in [2.75, 3.05) is 11.9 Å². The Kier molecular flexibility index (Phi) is 4.75. The Hall–Kier alpha value is -3.15. The molecule has 1 aliphatic rings. The van der Waals surface area contributed by atoms with Gasteiger partial charge in [0, 0.05) is 11.3 Å². The number of hydrogen-bond acceptors (Lipinski definition) is 4. The van der Waals surface area contributed by atoms with Gasteiger partial charge in [0.2, 0.25) is 5.91 Å². The van der Waals surface area contributed by atoms with Crippen molar-refractivity contribution in [1.29, 1.82) is 0 Å². The molecule has 6 nitrogen and oxygen atoms in total. The van der Waals surface area contributed by atoms with Crippen molar-refractivity contribution in [3.8, 4) is 5.75 Å².